The van der Waals surface area contributed by atoms with Gasteiger partial charge in [0, 0.05) is 19.7 Å². The summed E-state index contributed by atoms with van der Waals surface area (Å²) in [5, 5.41) is 8.82. The summed E-state index contributed by atoms with van der Waals surface area (Å²) in [4.78, 5) is 12.8. The molecule has 4 heteroatoms. The number of methoxy groups -OCH3 is 1. The lowest BCUT2D eigenvalue weighted by atomic mass is 9.79. The van der Waals surface area contributed by atoms with Crippen LogP contribution in [0.25, 0.3) is 0 Å². The molecule has 0 radical (unpaired) electrons. The zero-order valence-electron chi connectivity index (χ0n) is 8.19. The van der Waals surface area contributed by atoms with E-state index < -0.39 is 5.97 Å². The van der Waals surface area contributed by atoms with Crippen LogP contribution in [-0.2, 0) is 9.53 Å². The number of hydrogen-bond donors (Lipinski definition) is 1. The number of nitrogens with zero attached hydrogens (tertiary/aromatic N) is 1. The molecule has 1 rings (SSSR count). The highest BCUT2D eigenvalue weighted by molar-refractivity contribution is 5.72. The van der Waals surface area contributed by atoms with E-state index in [-0.39, 0.29) is 12.0 Å². The number of hydrogen-bond acceptors (Lipinski definition) is 3. The van der Waals surface area contributed by atoms with Crippen LogP contribution in [0.4, 0.5) is 0 Å². The predicted molar refractivity (Wildman–Crippen MR) is 48.7 cm³/mol. The average molecular weight is 187 g/mol. The van der Waals surface area contributed by atoms with Crippen LogP contribution < -0.4 is 0 Å². The van der Waals surface area contributed by atoms with Gasteiger partial charge in [0.2, 0.25) is 0 Å². The molecule has 76 valence electrons. The van der Waals surface area contributed by atoms with Crippen LogP contribution in [0.3, 0.4) is 0 Å². The molecule has 0 saturated heterocycles. The molecule has 4 nitrogen and oxygen atoms in total. The molecule has 1 N–H and O–H groups in total. The fraction of sp³-hybridized carbons (Fsp3) is 0.889. The Hall–Kier alpha value is -0.610. The fourth-order valence-electron chi connectivity index (χ4n) is 1.70. The van der Waals surface area contributed by atoms with Gasteiger partial charge >= 0.3 is 5.97 Å². The minimum absolute atomic E-state index is 0.165. The lowest BCUT2D eigenvalue weighted by molar-refractivity contribution is -0.148. The SMILES string of the molecule is COCCN(C)C1CCC1C(=O)O. The third kappa shape index (κ3) is 2.42. The Labute approximate surface area is 78.5 Å². The second-order valence-corrected chi connectivity index (χ2v) is 3.56. The van der Waals surface area contributed by atoms with Crippen molar-refractivity contribution in [2.24, 2.45) is 5.92 Å². The van der Waals surface area contributed by atoms with Crippen LogP contribution in [0.15, 0.2) is 0 Å². The molecular weight excluding hydrogens is 170 g/mol. The third-order valence-electron chi connectivity index (χ3n) is 2.77. The molecule has 2 atom stereocenters. The molecule has 0 heterocycles. The van der Waals surface area contributed by atoms with Gasteiger partial charge in [-0.2, -0.15) is 0 Å². The van der Waals surface area contributed by atoms with Crippen molar-refractivity contribution in [3.63, 3.8) is 0 Å². The number of carboxylic acid groups (broad SMARTS) is 1. The largest absolute Gasteiger partial charge is 0.481 e. The van der Waals surface area contributed by atoms with E-state index in [9.17, 15) is 4.79 Å². The maximum Gasteiger partial charge on any atom is 0.308 e. The van der Waals surface area contributed by atoms with Gasteiger partial charge in [0.25, 0.3) is 0 Å². The van der Waals surface area contributed by atoms with E-state index in [0.717, 1.165) is 19.4 Å². The van der Waals surface area contributed by atoms with Crippen LogP contribution in [-0.4, -0.2) is 49.3 Å². The minimum Gasteiger partial charge on any atom is -0.481 e. The highest BCUT2D eigenvalue weighted by atomic mass is 16.5. The zero-order valence-corrected chi connectivity index (χ0v) is 8.19. The van der Waals surface area contributed by atoms with Crippen molar-refractivity contribution >= 4 is 5.97 Å². The first-order chi connectivity index (χ1) is 6.16. The van der Waals surface area contributed by atoms with Crippen molar-refractivity contribution in [3.05, 3.63) is 0 Å². The Balaban J connectivity index is 2.30. The van der Waals surface area contributed by atoms with E-state index in [1.807, 2.05) is 7.05 Å². The maximum atomic E-state index is 10.7. The molecule has 0 aromatic rings. The summed E-state index contributed by atoms with van der Waals surface area (Å²) in [5.41, 5.74) is 0. The van der Waals surface area contributed by atoms with Crippen molar-refractivity contribution in [3.8, 4) is 0 Å². The van der Waals surface area contributed by atoms with Crippen LogP contribution in [0.5, 0.6) is 0 Å². The van der Waals surface area contributed by atoms with Gasteiger partial charge in [-0.15, -0.1) is 0 Å². The van der Waals surface area contributed by atoms with E-state index in [0.29, 0.717) is 6.61 Å². The number of aliphatic carboxylic acids is 1. The van der Waals surface area contributed by atoms with E-state index in [1.165, 1.54) is 0 Å². The standard InChI is InChI=1S/C9H17NO3/c1-10(5-6-13-2)8-4-3-7(8)9(11)12/h7-8H,3-6H2,1-2H3,(H,11,12). The molecular formula is C9H17NO3. The Morgan fingerprint density at radius 2 is 2.31 bits per heavy atom. The second kappa shape index (κ2) is 4.58. The topological polar surface area (TPSA) is 49.8 Å². The number of carbonyl (C=O) groups is 1. The fourth-order valence-corrected chi connectivity index (χ4v) is 1.70. The highest BCUT2D eigenvalue weighted by Crippen LogP contribution is 2.31. The summed E-state index contributed by atoms with van der Waals surface area (Å²) in [6, 6.07) is 0.215. The first-order valence-corrected chi connectivity index (χ1v) is 4.58. The molecule has 0 aromatic carbocycles. The average Bonchev–Trinajstić information content (AvgIpc) is 1.97. The molecule has 0 bridgehead atoms. The number of carboxylic acids is 1. The van der Waals surface area contributed by atoms with Crippen molar-refractivity contribution < 1.29 is 14.6 Å². The van der Waals surface area contributed by atoms with Crippen LogP contribution in [0.1, 0.15) is 12.8 Å². The summed E-state index contributed by atoms with van der Waals surface area (Å²) in [6.45, 7) is 1.48. The zero-order chi connectivity index (χ0) is 9.84. The normalized spacial score (nSPS) is 27.3. The van der Waals surface area contributed by atoms with Gasteiger partial charge < -0.3 is 14.7 Å². The van der Waals surface area contributed by atoms with Gasteiger partial charge in [0.1, 0.15) is 0 Å². The maximum absolute atomic E-state index is 10.7. The summed E-state index contributed by atoms with van der Waals surface area (Å²) in [5.74, 6) is -0.831. The van der Waals surface area contributed by atoms with Crippen molar-refractivity contribution in [1.29, 1.82) is 0 Å². The Morgan fingerprint density at radius 1 is 1.62 bits per heavy atom. The summed E-state index contributed by atoms with van der Waals surface area (Å²) in [7, 11) is 3.61. The number of ether oxygens (including phenoxy) is 1. The van der Waals surface area contributed by atoms with Crippen molar-refractivity contribution in [2.75, 3.05) is 27.3 Å². The predicted octanol–water partition coefficient (Wildman–Crippen LogP) is 0.428. The van der Waals surface area contributed by atoms with E-state index in [1.54, 1.807) is 7.11 Å². The number of rotatable bonds is 5. The Bertz CT molecular complexity index is 184. The summed E-state index contributed by atoms with van der Waals surface area (Å²) in [6.07, 6.45) is 1.81. The van der Waals surface area contributed by atoms with Crippen LogP contribution in [0.2, 0.25) is 0 Å². The van der Waals surface area contributed by atoms with Gasteiger partial charge in [-0.05, 0) is 19.9 Å². The van der Waals surface area contributed by atoms with Gasteiger partial charge in [-0.3, -0.25) is 4.79 Å². The van der Waals surface area contributed by atoms with Crippen LogP contribution >= 0.6 is 0 Å². The summed E-state index contributed by atoms with van der Waals surface area (Å²) < 4.78 is 4.94. The molecule has 0 aromatic heterocycles. The highest BCUT2D eigenvalue weighted by Gasteiger charge is 2.38. The van der Waals surface area contributed by atoms with Gasteiger partial charge in [-0.1, -0.05) is 0 Å². The van der Waals surface area contributed by atoms with E-state index in [2.05, 4.69) is 4.90 Å². The van der Waals surface area contributed by atoms with Crippen molar-refractivity contribution in [2.45, 2.75) is 18.9 Å². The molecule has 0 spiro atoms. The molecule has 2 unspecified atom stereocenters. The van der Waals surface area contributed by atoms with E-state index >= 15 is 0 Å². The molecule has 1 aliphatic rings. The van der Waals surface area contributed by atoms with Crippen molar-refractivity contribution in [1.82, 2.24) is 4.90 Å². The molecule has 13 heavy (non-hydrogen) atoms. The summed E-state index contributed by atoms with van der Waals surface area (Å²) >= 11 is 0. The molecule has 1 aliphatic carbocycles. The quantitative estimate of drug-likeness (QED) is 0.678. The monoisotopic (exact) mass is 187 g/mol. The molecule has 1 saturated carbocycles. The molecule has 1 fully saturated rings. The third-order valence-corrected chi connectivity index (χ3v) is 2.77. The van der Waals surface area contributed by atoms with Gasteiger partial charge in [0.05, 0.1) is 12.5 Å². The first kappa shape index (κ1) is 10.5. The Kier molecular flexibility index (Phi) is 3.69. The molecule has 0 aliphatic heterocycles. The minimum atomic E-state index is -0.666. The Morgan fingerprint density at radius 3 is 2.69 bits per heavy atom. The van der Waals surface area contributed by atoms with Crippen LogP contribution in [0, 0.1) is 5.92 Å². The lowest BCUT2D eigenvalue weighted by Gasteiger charge is -2.40. The van der Waals surface area contributed by atoms with Gasteiger partial charge in [-0.25, -0.2) is 0 Å². The molecule has 0 amide bonds. The first-order valence-electron chi connectivity index (χ1n) is 4.58. The van der Waals surface area contributed by atoms with E-state index in [4.69, 9.17) is 9.84 Å². The number of likely N-dealkylation sites (N-methyl/N-ethyl adjacent to an activating group) is 1. The smallest absolute Gasteiger partial charge is 0.308 e. The van der Waals surface area contributed by atoms with Gasteiger partial charge in [0.15, 0.2) is 0 Å². The second-order valence-electron chi connectivity index (χ2n) is 3.56. The lowest BCUT2D eigenvalue weighted by Crippen LogP contribution is -2.49.